The molecule has 0 unspecified atom stereocenters. The maximum absolute atomic E-state index is 11.6. The number of hydrogen-bond acceptors (Lipinski definition) is 3. The van der Waals surface area contributed by atoms with E-state index < -0.39 is 18.4 Å². The van der Waals surface area contributed by atoms with Crippen LogP contribution < -0.4 is 10.1 Å². The summed E-state index contributed by atoms with van der Waals surface area (Å²) < 4.78 is 5.05. The van der Waals surface area contributed by atoms with Crippen LogP contribution in [0.15, 0.2) is 18.2 Å². The number of ether oxygens (including phenoxy) is 1. The van der Waals surface area contributed by atoms with Crippen LogP contribution in [0.5, 0.6) is 5.75 Å². The van der Waals surface area contributed by atoms with Crippen LogP contribution in [0, 0.1) is 6.92 Å². The molecule has 0 saturated heterocycles. The third kappa shape index (κ3) is 2.98. The molecule has 0 saturated carbocycles. The van der Waals surface area contributed by atoms with Crippen LogP contribution >= 0.6 is 0 Å². The van der Waals surface area contributed by atoms with Gasteiger partial charge in [-0.15, -0.1) is 0 Å². The van der Waals surface area contributed by atoms with E-state index in [1.165, 1.54) is 7.11 Å². The Morgan fingerprint density at radius 1 is 1.44 bits per heavy atom. The highest BCUT2D eigenvalue weighted by Gasteiger charge is 2.12. The zero-order chi connectivity index (χ0) is 12.1. The highest BCUT2D eigenvalue weighted by molar-refractivity contribution is 5.98. The lowest BCUT2D eigenvalue weighted by Crippen LogP contribution is -2.29. The predicted octanol–water partition coefficient (Wildman–Crippen LogP) is 0.818. The number of rotatable bonds is 4. The number of amides is 1. The van der Waals surface area contributed by atoms with Crippen LogP contribution in [-0.2, 0) is 4.79 Å². The van der Waals surface area contributed by atoms with Gasteiger partial charge in [0.05, 0.1) is 12.7 Å². The fourth-order valence-corrected chi connectivity index (χ4v) is 1.24. The van der Waals surface area contributed by atoms with Gasteiger partial charge >= 0.3 is 5.97 Å². The lowest BCUT2D eigenvalue weighted by atomic mass is 10.1. The Morgan fingerprint density at radius 2 is 2.12 bits per heavy atom. The average molecular weight is 223 g/mol. The van der Waals surface area contributed by atoms with Crippen molar-refractivity contribution in [1.29, 1.82) is 0 Å². The number of carboxylic acids is 1. The summed E-state index contributed by atoms with van der Waals surface area (Å²) >= 11 is 0. The number of carbonyl (C=O) groups is 2. The number of methoxy groups -OCH3 is 1. The molecular formula is C11H13NO4. The summed E-state index contributed by atoms with van der Waals surface area (Å²) in [6.07, 6.45) is 0. The van der Waals surface area contributed by atoms with Crippen molar-refractivity contribution in [3.8, 4) is 5.75 Å². The molecule has 0 atom stereocenters. The molecule has 16 heavy (non-hydrogen) atoms. The van der Waals surface area contributed by atoms with Crippen LogP contribution in [0.2, 0.25) is 0 Å². The number of aryl methyl sites for hydroxylation is 1. The van der Waals surface area contributed by atoms with Crippen molar-refractivity contribution in [2.75, 3.05) is 13.7 Å². The van der Waals surface area contributed by atoms with E-state index in [0.29, 0.717) is 11.3 Å². The molecule has 86 valence electrons. The Bertz CT molecular complexity index is 414. The maximum atomic E-state index is 11.6. The molecule has 0 aliphatic carbocycles. The van der Waals surface area contributed by atoms with Crippen LogP contribution in [0.4, 0.5) is 0 Å². The van der Waals surface area contributed by atoms with E-state index in [2.05, 4.69) is 5.32 Å². The highest BCUT2D eigenvalue weighted by atomic mass is 16.5. The standard InChI is InChI=1S/C11H13NO4/c1-7-3-4-8(9(5-7)16-2)11(15)12-6-10(13)14/h3-5H,6H2,1-2H3,(H,12,15)(H,13,14). The number of hydrogen-bond donors (Lipinski definition) is 2. The van der Waals surface area contributed by atoms with Crippen molar-refractivity contribution < 1.29 is 19.4 Å². The molecule has 0 spiro atoms. The second-order valence-corrected chi connectivity index (χ2v) is 3.28. The van der Waals surface area contributed by atoms with Crippen molar-refractivity contribution in [3.05, 3.63) is 29.3 Å². The lowest BCUT2D eigenvalue weighted by molar-refractivity contribution is -0.135. The van der Waals surface area contributed by atoms with E-state index >= 15 is 0 Å². The Morgan fingerprint density at radius 3 is 2.69 bits per heavy atom. The number of aliphatic carboxylic acids is 1. The Balaban J connectivity index is 2.86. The number of nitrogens with one attached hydrogen (secondary N) is 1. The van der Waals surface area contributed by atoms with Gasteiger partial charge in [0.2, 0.25) is 0 Å². The molecular weight excluding hydrogens is 210 g/mol. The first-order valence-corrected chi connectivity index (χ1v) is 4.69. The van der Waals surface area contributed by atoms with E-state index in [1.54, 1.807) is 18.2 Å². The monoisotopic (exact) mass is 223 g/mol. The molecule has 5 heteroatoms. The Labute approximate surface area is 93.0 Å². The molecule has 5 nitrogen and oxygen atoms in total. The van der Waals surface area contributed by atoms with Crippen molar-refractivity contribution >= 4 is 11.9 Å². The zero-order valence-electron chi connectivity index (χ0n) is 9.11. The molecule has 1 aromatic rings. The van der Waals surface area contributed by atoms with Gasteiger partial charge in [-0.2, -0.15) is 0 Å². The second-order valence-electron chi connectivity index (χ2n) is 3.28. The molecule has 0 fully saturated rings. The van der Waals surface area contributed by atoms with Gasteiger partial charge in [-0.05, 0) is 24.6 Å². The minimum Gasteiger partial charge on any atom is -0.496 e. The van der Waals surface area contributed by atoms with E-state index in [9.17, 15) is 9.59 Å². The van der Waals surface area contributed by atoms with Gasteiger partial charge < -0.3 is 15.2 Å². The lowest BCUT2D eigenvalue weighted by Gasteiger charge is -2.08. The third-order valence-corrected chi connectivity index (χ3v) is 2.00. The number of benzene rings is 1. The van der Waals surface area contributed by atoms with Gasteiger partial charge in [0.1, 0.15) is 12.3 Å². The van der Waals surface area contributed by atoms with Gasteiger partial charge in [-0.1, -0.05) is 6.07 Å². The zero-order valence-corrected chi connectivity index (χ0v) is 9.11. The molecule has 2 N–H and O–H groups in total. The Hall–Kier alpha value is -2.04. The third-order valence-electron chi connectivity index (χ3n) is 2.00. The fourth-order valence-electron chi connectivity index (χ4n) is 1.24. The number of carboxylic acid groups (broad SMARTS) is 1. The van der Waals surface area contributed by atoms with Crippen molar-refractivity contribution in [1.82, 2.24) is 5.32 Å². The minimum atomic E-state index is -1.08. The van der Waals surface area contributed by atoms with Gasteiger partial charge in [0.15, 0.2) is 0 Å². The van der Waals surface area contributed by atoms with E-state index in [-0.39, 0.29) is 0 Å². The highest BCUT2D eigenvalue weighted by Crippen LogP contribution is 2.19. The van der Waals surface area contributed by atoms with Gasteiger partial charge in [0, 0.05) is 0 Å². The van der Waals surface area contributed by atoms with Crippen molar-refractivity contribution in [2.24, 2.45) is 0 Å². The summed E-state index contributed by atoms with van der Waals surface area (Å²) in [6.45, 7) is 1.47. The summed E-state index contributed by atoms with van der Waals surface area (Å²) in [5.74, 6) is -1.11. The SMILES string of the molecule is COc1cc(C)ccc1C(=O)NCC(=O)O. The van der Waals surface area contributed by atoms with E-state index in [1.807, 2.05) is 6.92 Å². The maximum Gasteiger partial charge on any atom is 0.322 e. The number of carbonyl (C=O) groups excluding carboxylic acids is 1. The molecule has 0 bridgehead atoms. The van der Waals surface area contributed by atoms with Gasteiger partial charge in [-0.25, -0.2) is 0 Å². The summed E-state index contributed by atoms with van der Waals surface area (Å²) in [7, 11) is 1.46. The molecule has 0 aliphatic heterocycles. The summed E-state index contributed by atoms with van der Waals surface area (Å²) in [4.78, 5) is 21.9. The average Bonchev–Trinajstić information content (AvgIpc) is 2.25. The topological polar surface area (TPSA) is 75.6 Å². The molecule has 0 aliphatic rings. The summed E-state index contributed by atoms with van der Waals surface area (Å²) in [5, 5.41) is 10.7. The second kappa shape index (κ2) is 5.16. The first kappa shape index (κ1) is 12.0. The van der Waals surface area contributed by atoms with Crippen LogP contribution in [0.3, 0.4) is 0 Å². The van der Waals surface area contributed by atoms with E-state index in [4.69, 9.17) is 9.84 Å². The first-order chi connectivity index (χ1) is 7.54. The molecule has 0 aromatic heterocycles. The van der Waals surface area contributed by atoms with Crippen LogP contribution in [-0.4, -0.2) is 30.6 Å². The molecule has 1 amide bonds. The van der Waals surface area contributed by atoms with Gasteiger partial charge in [-0.3, -0.25) is 9.59 Å². The van der Waals surface area contributed by atoms with Crippen LogP contribution in [0.25, 0.3) is 0 Å². The first-order valence-electron chi connectivity index (χ1n) is 4.69. The van der Waals surface area contributed by atoms with E-state index in [0.717, 1.165) is 5.56 Å². The predicted molar refractivity (Wildman–Crippen MR) is 57.7 cm³/mol. The quantitative estimate of drug-likeness (QED) is 0.792. The summed E-state index contributed by atoms with van der Waals surface area (Å²) in [6, 6.07) is 5.08. The molecule has 1 aromatic carbocycles. The normalized spacial score (nSPS) is 9.62. The minimum absolute atomic E-state index is 0.328. The summed E-state index contributed by atoms with van der Waals surface area (Å²) in [5.41, 5.74) is 1.29. The van der Waals surface area contributed by atoms with Crippen molar-refractivity contribution in [3.63, 3.8) is 0 Å². The Kier molecular flexibility index (Phi) is 3.88. The van der Waals surface area contributed by atoms with Crippen LogP contribution in [0.1, 0.15) is 15.9 Å². The molecule has 0 radical (unpaired) electrons. The van der Waals surface area contributed by atoms with Crippen molar-refractivity contribution in [2.45, 2.75) is 6.92 Å². The molecule has 0 heterocycles. The fraction of sp³-hybridized carbons (Fsp3) is 0.273. The largest absolute Gasteiger partial charge is 0.496 e. The van der Waals surface area contributed by atoms with Gasteiger partial charge in [0.25, 0.3) is 5.91 Å². The smallest absolute Gasteiger partial charge is 0.322 e. The molecule has 1 rings (SSSR count).